The molecular formula is C22H24N6O3S. The van der Waals surface area contributed by atoms with Gasteiger partial charge >= 0.3 is 0 Å². The van der Waals surface area contributed by atoms with Crippen LogP contribution in [0.25, 0.3) is 10.9 Å². The zero-order chi connectivity index (χ0) is 22.5. The normalized spacial score (nSPS) is 15.7. The Kier molecular flexibility index (Phi) is 6.69. The van der Waals surface area contributed by atoms with E-state index in [9.17, 15) is 14.4 Å². The second kappa shape index (κ2) is 9.82. The summed E-state index contributed by atoms with van der Waals surface area (Å²) < 4.78 is 0. The molecule has 0 unspecified atom stereocenters. The molecule has 3 aromatic rings. The number of thioether (sulfide) groups is 1. The highest BCUT2D eigenvalue weighted by Gasteiger charge is 2.28. The number of hydrogen-bond donors (Lipinski definition) is 4. The molecule has 10 heteroatoms. The number of carbonyl (C=O) groups is 2. The molecule has 9 nitrogen and oxygen atoms in total. The summed E-state index contributed by atoms with van der Waals surface area (Å²) in [6, 6.07) is 9.53. The molecule has 0 saturated carbocycles. The quantitative estimate of drug-likeness (QED) is 0.384. The van der Waals surface area contributed by atoms with E-state index in [0.717, 1.165) is 11.3 Å². The van der Waals surface area contributed by atoms with Crippen molar-refractivity contribution in [3.8, 4) is 0 Å². The lowest BCUT2D eigenvalue weighted by Gasteiger charge is -2.12. The Balaban J connectivity index is 1.41. The first kappa shape index (κ1) is 21.8. The molecule has 2 aromatic heterocycles. The minimum absolute atomic E-state index is 0.0748. The fourth-order valence-electron chi connectivity index (χ4n) is 3.45. The molecule has 1 fully saturated rings. The number of pyridine rings is 1. The molecular weight excluding hydrogens is 428 g/mol. The standard InChI is InChI=1S/C22H24N6O3S/c1-13-4-2-5-15(10-13)26-19-18-16(6-9-24-21(18)31)27-22(28-19)25-8-3-7-23-20(30)14-11-17(29)32-12-14/h2,4-6,9-10,14H,3,7-8,11-12H2,1H3,(H,23,30)(H,24,31)(H2,25,26,27,28)/t14-/m0/s1. The lowest BCUT2D eigenvalue weighted by Crippen LogP contribution is -2.32. The lowest BCUT2D eigenvalue weighted by atomic mass is 10.1. The number of H-pyrrole nitrogens is 1. The topological polar surface area (TPSA) is 129 Å². The maximum absolute atomic E-state index is 12.4. The molecule has 1 amide bonds. The number of rotatable bonds is 8. The fourth-order valence-corrected chi connectivity index (χ4v) is 4.42. The number of nitrogens with one attached hydrogen (secondary N) is 4. The molecule has 1 aliphatic heterocycles. The number of carbonyl (C=O) groups excluding carboxylic acids is 2. The lowest BCUT2D eigenvalue weighted by molar-refractivity contribution is -0.126. The van der Waals surface area contributed by atoms with Crippen LogP contribution in [-0.2, 0) is 9.59 Å². The average Bonchev–Trinajstić information content (AvgIpc) is 3.20. The van der Waals surface area contributed by atoms with E-state index in [4.69, 9.17) is 0 Å². The van der Waals surface area contributed by atoms with Gasteiger partial charge in [0.05, 0.1) is 11.4 Å². The van der Waals surface area contributed by atoms with Crippen LogP contribution in [-0.4, -0.2) is 44.8 Å². The van der Waals surface area contributed by atoms with Crippen LogP contribution in [0.4, 0.5) is 17.5 Å². The van der Waals surface area contributed by atoms with Crippen molar-refractivity contribution in [2.24, 2.45) is 5.92 Å². The first-order valence-electron chi connectivity index (χ1n) is 10.4. The molecule has 1 saturated heterocycles. The van der Waals surface area contributed by atoms with Crippen molar-refractivity contribution in [1.82, 2.24) is 20.3 Å². The number of aromatic amines is 1. The molecule has 3 heterocycles. The Labute approximate surface area is 188 Å². The van der Waals surface area contributed by atoms with Crippen LogP contribution >= 0.6 is 11.8 Å². The van der Waals surface area contributed by atoms with E-state index in [0.29, 0.717) is 54.4 Å². The summed E-state index contributed by atoms with van der Waals surface area (Å²) in [6.07, 6.45) is 2.53. The van der Waals surface area contributed by atoms with Crippen molar-refractivity contribution < 1.29 is 9.59 Å². The Hall–Kier alpha value is -3.40. The summed E-state index contributed by atoms with van der Waals surface area (Å²) in [7, 11) is 0. The third kappa shape index (κ3) is 5.25. The maximum atomic E-state index is 12.4. The third-order valence-electron chi connectivity index (χ3n) is 5.07. The number of anilines is 3. The van der Waals surface area contributed by atoms with Gasteiger partial charge in [0.15, 0.2) is 5.12 Å². The molecule has 166 valence electrons. The highest BCUT2D eigenvalue weighted by molar-refractivity contribution is 8.14. The summed E-state index contributed by atoms with van der Waals surface area (Å²) in [6.45, 7) is 3.02. The van der Waals surface area contributed by atoms with Crippen molar-refractivity contribution in [2.45, 2.75) is 19.8 Å². The van der Waals surface area contributed by atoms with Crippen molar-refractivity contribution >= 4 is 51.1 Å². The first-order valence-corrected chi connectivity index (χ1v) is 11.4. The number of amides is 1. The molecule has 1 atom stereocenters. The molecule has 0 aliphatic carbocycles. The van der Waals surface area contributed by atoms with Gasteiger partial charge in [0.1, 0.15) is 11.2 Å². The molecule has 4 rings (SSSR count). The SMILES string of the molecule is Cc1cccc(Nc2nc(NCCCNC(=O)[C@@H]3CSC(=O)C3)nc3cc[nH]c(=O)c23)c1. The fraction of sp³-hybridized carbons (Fsp3) is 0.318. The predicted molar refractivity (Wildman–Crippen MR) is 126 cm³/mol. The first-order chi connectivity index (χ1) is 15.5. The van der Waals surface area contributed by atoms with Gasteiger partial charge in [-0.3, -0.25) is 14.4 Å². The molecule has 32 heavy (non-hydrogen) atoms. The van der Waals surface area contributed by atoms with Crippen LogP contribution in [0.3, 0.4) is 0 Å². The van der Waals surface area contributed by atoms with Gasteiger partial charge in [-0.25, -0.2) is 4.98 Å². The molecule has 0 radical (unpaired) electrons. The minimum atomic E-state index is -0.268. The Morgan fingerprint density at radius 2 is 2.09 bits per heavy atom. The minimum Gasteiger partial charge on any atom is -0.356 e. The smallest absolute Gasteiger partial charge is 0.261 e. The number of aryl methyl sites for hydroxylation is 1. The third-order valence-corrected chi connectivity index (χ3v) is 6.12. The van der Waals surface area contributed by atoms with E-state index in [-0.39, 0.29) is 22.5 Å². The molecule has 0 spiro atoms. The monoisotopic (exact) mass is 452 g/mol. The van der Waals surface area contributed by atoms with Gasteiger partial charge in [-0.15, -0.1) is 0 Å². The van der Waals surface area contributed by atoms with Crippen molar-refractivity contribution in [1.29, 1.82) is 0 Å². The average molecular weight is 453 g/mol. The van der Waals surface area contributed by atoms with Crippen LogP contribution in [0, 0.1) is 12.8 Å². The highest BCUT2D eigenvalue weighted by Crippen LogP contribution is 2.25. The van der Waals surface area contributed by atoms with Crippen LogP contribution in [0.5, 0.6) is 0 Å². The van der Waals surface area contributed by atoms with Crippen LogP contribution in [0.2, 0.25) is 0 Å². The van der Waals surface area contributed by atoms with Crippen molar-refractivity contribution in [2.75, 3.05) is 29.5 Å². The van der Waals surface area contributed by atoms with Gasteiger partial charge in [-0.05, 0) is 37.1 Å². The molecule has 1 aliphatic rings. The summed E-state index contributed by atoms with van der Waals surface area (Å²) in [5, 5.41) is 9.72. The zero-order valence-electron chi connectivity index (χ0n) is 17.6. The summed E-state index contributed by atoms with van der Waals surface area (Å²) in [5.41, 5.74) is 2.17. The van der Waals surface area contributed by atoms with Crippen molar-refractivity contribution in [3.63, 3.8) is 0 Å². The number of nitrogens with zero attached hydrogens (tertiary/aromatic N) is 2. The number of hydrogen-bond acceptors (Lipinski definition) is 8. The Bertz CT molecular complexity index is 1210. The largest absolute Gasteiger partial charge is 0.356 e. The van der Waals surface area contributed by atoms with Gasteiger partial charge < -0.3 is 20.9 Å². The number of aromatic nitrogens is 3. The van der Waals surface area contributed by atoms with Crippen LogP contribution < -0.4 is 21.5 Å². The van der Waals surface area contributed by atoms with E-state index in [1.54, 1.807) is 12.3 Å². The number of fused-ring (bicyclic) bond motifs is 1. The molecule has 4 N–H and O–H groups in total. The second-order valence-electron chi connectivity index (χ2n) is 7.61. The van der Waals surface area contributed by atoms with E-state index >= 15 is 0 Å². The Morgan fingerprint density at radius 3 is 2.88 bits per heavy atom. The Morgan fingerprint density at radius 1 is 1.22 bits per heavy atom. The van der Waals surface area contributed by atoms with E-state index in [1.165, 1.54) is 11.8 Å². The van der Waals surface area contributed by atoms with Gasteiger partial charge in [0, 0.05) is 37.1 Å². The van der Waals surface area contributed by atoms with E-state index in [1.807, 2.05) is 31.2 Å². The summed E-state index contributed by atoms with van der Waals surface area (Å²) in [4.78, 5) is 47.4. The predicted octanol–water partition coefficient (Wildman–Crippen LogP) is 2.57. The summed E-state index contributed by atoms with van der Waals surface area (Å²) >= 11 is 1.22. The molecule has 1 aromatic carbocycles. The zero-order valence-corrected chi connectivity index (χ0v) is 18.4. The van der Waals surface area contributed by atoms with Gasteiger partial charge in [0.25, 0.3) is 5.56 Å². The van der Waals surface area contributed by atoms with Gasteiger partial charge in [-0.2, -0.15) is 4.98 Å². The van der Waals surface area contributed by atoms with Crippen LogP contribution in [0.1, 0.15) is 18.4 Å². The highest BCUT2D eigenvalue weighted by atomic mass is 32.2. The van der Waals surface area contributed by atoms with E-state index < -0.39 is 0 Å². The van der Waals surface area contributed by atoms with Gasteiger partial charge in [-0.1, -0.05) is 23.9 Å². The summed E-state index contributed by atoms with van der Waals surface area (Å²) in [5.74, 6) is 1.07. The van der Waals surface area contributed by atoms with Crippen molar-refractivity contribution in [3.05, 3.63) is 52.4 Å². The molecule has 0 bridgehead atoms. The number of benzene rings is 1. The maximum Gasteiger partial charge on any atom is 0.261 e. The second-order valence-corrected chi connectivity index (χ2v) is 8.69. The van der Waals surface area contributed by atoms with E-state index in [2.05, 4.69) is 30.9 Å². The van der Waals surface area contributed by atoms with Gasteiger partial charge in [0.2, 0.25) is 11.9 Å². The van der Waals surface area contributed by atoms with Crippen LogP contribution in [0.15, 0.2) is 41.3 Å².